The van der Waals surface area contributed by atoms with Crippen LogP contribution in [0.4, 0.5) is 5.69 Å². The Bertz CT molecular complexity index is 1830. The van der Waals surface area contributed by atoms with E-state index in [0.29, 0.717) is 5.82 Å². The van der Waals surface area contributed by atoms with Crippen molar-refractivity contribution in [2.24, 2.45) is 10.9 Å². The molecule has 0 aliphatic carbocycles. The Kier molecular flexibility index (Phi) is 6.77. The van der Waals surface area contributed by atoms with Gasteiger partial charge in [0.1, 0.15) is 0 Å². The van der Waals surface area contributed by atoms with E-state index in [1.807, 2.05) is 36.4 Å². The van der Waals surface area contributed by atoms with Crippen LogP contribution in [0.2, 0.25) is 0 Å². The van der Waals surface area contributed by atoms with Gasteiger partial charge in [0, 0.05) is 28.5 Å². The highest BCUT2D eigenvalue weighted by Crippen LogP contribution is 2.44. The number of para-hydroxylation sites is 1. The molecule has 3 nitrogen and oxygen atoms in total. The summed E-state index contributed by atoms with van der Waals surface area (Å²) in [4.78, 5) is 15.2. The average Bonchev–Trinajstić information content (AvgIpc) is 3.06. The van der Waals surface area contributed by atoms with Crippen molar-refractivity contribution < 1.29 is 0 Å². The van der Waals surface area contributed by atoms with Crippen LogP contribution in [-0.4, -0.2) is 15.7 Å². The predicted octanol–water partition coefficient (Wildman–Crippen LogP) is 9.69. The van der Waals surface area contributed by atoms with E-state index >= 15 is 0 Å². The monoisotopic (exact) mass is 541 g/mol. The van der Waals surface area contributed by atoms with Crippen molar-refractivity contribution in [1.82, 2.24) is 9.97 Å². The number of rotatable bonds is 5. The molecule has 0 spiro atoms. The minimum Gasteiger partial charge on any atom is -0.252 e. The molecule has 0 bridgehead atoms. The van der Waals surface area contributed by atoms with Crippen LogP contribution in [0.15, 0.2) is 145 Å². The highest BCUT2D eigenvalue weighted by Gasteiger charge is 2.32. The number of hydrogen-bond donors (Lipinski definition) is 0. The molecule has 0 radical (unpaired) electrons. The van der Waals surface area contributed by atoms with E-state index in [1.54, 1.807) is 0 Å². The lowest BCUT2D eigenvalue weighted by molar-refractivity contribution is 0.646. The van der Waals surface area contributed by atoms with Gasteiger partial charge in [-0.3, -0.25) is 4.99 Å². The molecule has 0 N–H and O–H groups in total. The van der Waals surface area contributed by atoms with Gasteiger partial charge in [0.05, 0.1) is 22.8 Å². The SMILES string of the molecule is Cc1ccccc1C1c2ccccc2N=C(c2ccc(-c3nc(-c4ccccc4)cc(-c4ccccc4)n3)cc2)C1C. The van der Waals surface area contributed by atoms with Crippen molar-refractivity contribution in [1.29, 1.82) is 0 Å². The summed E-state index contributed by atoms with van der Waals surface area (Å²) in [5.74, 6) is 1.17. The number of fused-ring (bicyclic) bond motifs is 1. The molecule has 1 aromatic heterocycles. The van der Waals surface area contributed by atoms with Crippen LogP contribution < -0.4 is 0 Å². The van der Waals surface area contributed by atoms with Crippen molar-refractivity contribution in [3.8, 4) is 33.9 Å². The maximum Gasteiger partial charge on any atom is 0.160 e. The van der Waals surface area contributed by atoms with Crippen LogP contribution in [0, 0.1) is 12.8 Å². The number of aromatic nitrogens is 2. The normalized spacial score (nSPS) is 16.0. The fourth-order valence-electron chi connectivity index (χ4n) is 6.09. The minimum atomic E-state index is 0.217. The topological polar surface area (TPSA) is 38.1 Å². The molecule has 0 amide bonds. The Hall–Kier alpha value is -5.15. The lowest BCUT2D eigenvalue weighted by Crippen LogP contribution is -2.25. The van der Waals surface area contributed by atoms with Crippen LogP contribution in [0.25, 0.3) is 33.9 Å². The number of aliphatic imine (C=N–C) groups is 1. The van der Waals surface area contributed by atoms with Gasteiger partial charge in [0.25, 0.3) is 0 Å². The Morgan fingerprint density at radius 2 is 1.02 bits per heavy atom. The van der Waals surface area contributed by atoms with Crippen molar-refractivity contribution >= 4 is 11.4 Å². The Balaban J connectivity index is 1.29. The van der Waals surface area contributed by atoms with Gasteiger partial charge in [0.2, 0.25) is 0 Å². The highest BCUT2D eigenvalue weighted by atomic mass is 14.9. The Labute approximate surface area is 247 Å². The van der Waals surface area contributed by atoms with E-state index < -0.39 is 0 Å². The standard InChI is InChI=1S/C39H31N3/c1-26-13-9-10-18-32(26)37-27(2)38(40-34-20-12-11-19-33(34)37)30-21-23-31(24-22-30)39-41-35(28-14-5-3-6-15-28)25-36(42-39)29-16-7-4-8-17-29/h3-25,27,37H,1-2H3. The highest BCUT2D eigenvalue weighted by molar-refractivity contribution is 6.06. The number of nitrogens with zero attached hydrogens (tertiary/aromatic N) is 3. The first-order chi connectivity index (χ1) is 20.7. The van der Waals surface area contributed by atoms with E-state index in [9.17, 15) is 0 Å². The van der Waals surface area contributed by atoms with Gasteiger partial charge in [-0.1, -0.05) is 134 Å². The second-order valence-electron chi connectivity index (χ2n) is 11.0. The molecule has 0 fully saturated rings. The van der Waals surface area contributed by atoms with Crippen LogP contribution in [0.1, 0.15) is 35.1 Å². The van der Waals surface area contributed by atoms with E-state index in [0.717, 1.165) is 45.0 Å². The molecule has 5 aromatic carbocycles. The maximum absolute atomic E-state index is 5.20. The summed E-state index contributed by atoms with van der Waals surface area (Å²) >= 11 is 0. The first-order valence-corrected chi connectivity index (χ1v) is 14.5. The zero-order valence-electron chi connectivity index (χ0n) is 23.8. The molecule has 42 heavy (non-hydrogen) atoms. The minimum absolute atomic E-state index is 0.217. The summed E-state index contributed by atoms with van der Waals surface area (Å²) in [5.41, 5.74) is 12.2. The lowest BCUT2D eigenvalue weighted by atomic mass is 9.74. The third kappa shape index (κ3) is 4.84. The third-order valence-electron chi connectivity index (χ3n) is 8.27. The van der Waals surface area contributed by atoms with Crippen molar-refractivity contribution in [3.63, 3.8) is 0 Å². The Morgan fingerprint density at radius 3 is 1.64 bits per heavy atom. The summed E-state index contributed by atoms with van der Waals surface area (Å²) < 4.78 is 0. The molecule has 0 saturated carbocycles. The van der Waals surface area contributed by atoms with Crippen LogP contribution >= 0.6 is 0 Å². The molecule has 1 aliphatic heterocycles. The molecule has 3 heteroatoms. The number of aryl methyl sites for hydroxylation is 1. The van der Waals surface area contributed by atoms with Gasteiger partial charge in [-0.15, -0.1) is 0 Å². The summed E-state index contributed by atoms with van der Waals surface area (Å²) in [7, 11) is 0. The van der Waals surface area contributed by atoms with Gasteiger partial charge in [-0.05, 0) is 41.3 Å². The van der Waals surface area contributed by atoms with E-state index in [1.165, 1.54) is 16.7 Å². The van der Waals surface area contributed by atoms with Gasteiger partial charge >= 0.3 is 0 Å². The molecular formula is C39H31N3. The first kappa shape index (κ1) is 25.8. The van der Waals surface area contributed by atoms with Crippen molar-refractivity contribution in [2.75, 3.05) is 0 Å². The predicted molar refractivity (Wildman–Crippen MR) is 173 cm³/mol. The van der Waals surface area contributed by atoms with Gasteiger partial charge in [0.15, 0.2) is 5.82 Å². The number of benzene rings is 5. The Morgan fingerprint density at radius 1 is 0.500 bits per heavy atom. The molecular weight excluding hydrogens is 510 g/mol. The summed E-state index contributed by atoms with van der Waals surface area (Å²) in [6.45, 7) is 4.51. The molecule has 2 heterocycles. The molecule has 6 aromatic rings. The summed E-state index contributed by atoms with van der Waals surface area (Å²) in [6.07, 6.45) is 0. The zero-order chi connectivity index (χ0) is 28.5. The van der Waals surface area contributed by atoms with Gasteiger partial charge in [-0.2, -0.15) is 0 Å². The average molecular weight is 542 g/mol. The van der Waals surface area contributed by atoms with Gasteiger partial charge < -0.3 is 0 Å². The first-order valence-electron chi connectivity index (χ1n) is 14.5. The van der Waals surface area contributed by atoms with Crippen LogP contribution in [-0.2, 0) is 0 Å². The third-order valence-corrected chi connectivity index (χ3v) is 8.27. The molecule has 2 atom stereocenters. The largest absolute Gasteiger partial charge is 0.252 e. The molecule has 0 saturated heterocycles. The smallest absolute Gasteiger partial charge is 0.160 e. The molecule has 202 valence electrons. The van der Waals surface area contributed by atoms with Crippen LogP contribution in [0.3, 0.4) is 0 Å². The fraction of sp³-hybridized carbons (Fsp3) is 0.103. The summed E-state index contributed by atoms with van der Waals surface area (Å²) in [6, 6.07) is 48.6. The van der Waals surface area contributed by atoms with E-state index in [4.69, 9.17) is 15.0 Å². The van der Waals surface area contributed by atoms with Crippen molar-refractivity contribution in [3.05, 3.63) is 162 Å². The molecule has 2 unspecified atom stereocenters. The zero-order valence-corrected chi connectivity index (χ0v) is 23.8. The molecule has 1 aliphatic rings. The fourth-order valence-corrected chi connectivity index (χ4v) is 6.09. The van der Waals surface area contributed by atoms with Crippen LogP contribution in [0.5, 0.6) is 0 Å². The quantitative estimate of drug-likeness (QED) is 0.218. The maximum atomic E-state index is 5.20. The number of hydrogen-bond acceptors (Lipinski definition) is 3. The second kappa shape index (κ2) is 11.0. The van der Waals surface area contributed by atoms with E-state index in [2.05, 4.69) is 117 Å². The van der Waals surface area contributed by atoms with Gasteiger partial charge in [-0.25, -0.2) is 9.97 Å². The summed E-state index contributed by atoms with van der Waals surface area (Å²) in [5, 5.41) is 0. The van der Waals surface area contributed by atoms with Crippen molar-refractivity contribution in [2.45, 2.75) is 19.8 Å². The van der Waals surface area contributed by atoms with E-state index in [-0.39, 0.29) is 11.8 Å². The molecule has 7 rings (SSSR count). The lowest BCUT2D eigenvalue weighted by Gasteiger charge is -2.32. The second-order valence-corrected chi connectivity index (χ2v) is 11.0.